The van der Waals surface area contributed by atoms with Gasteiger partial charge in [0.1, 0.15) is 0 Å². The summed E-state index contributed by atoms with van der Waals surface area (Å²) < 4.78 is 0. The van der Waals surface area contributed by atoms with Gasteiger partial charge in [0.2, 0.25) is 5.91 Å². The number of rotatable bonds is 3. The van der Waals surface area contributed by atoms with Crippen molar-refractivity contribution in [1.82, 2.24) is 4.98 Å². The molecule has 0 saturated heterocycles. The van der Waals surface area contributed by atoms with E-state index >= 15 is 0 Å². The second kappa shape index (κ2) is 5.36. The Morgan fingerprint density at radius 1 is 1.50 bits per heavy atom. The fraction of sp³-hybridized carbons (Fsp3) is 0.692. The Kier molecular flexibility index (Phi) is 4.02. The monoisotopic (exact) mass is 267 g/mol. The minimum Gasteiger partial charge on any atom is -0.323 e. The molecule has 18 heavy (non-hydrogen) atoms. The SMILES string of the molecule is CC(N)c1csc(NC(=O)C2(C)CCCCC2)n1. The first-order valence-electron chi connectivity index (χ1n) is 6.54. The maximum Gasteiger partial charge on any atom is 0.232 e. The third kappa shape index (κ3) is 2.90. The van der Waals surface area contributed by atoms with E-state index in [-0.39, 0.29) is 17.4 Å². The van der Waals surface area contributed by atoms with Crippen LogP contribution in [-0.4, -0.2) is 10.9 Å². The van der Waals surface area contributed by atoms with Crippen molar-refractivity contribution in [2.24, 2.45) is 11.1 Å². The number of anilines is 1. The van der Waals surface area contributed by atoms with Gasteiger partial charge >= 0.3 is 0 Å². The summed E-state index contributed by atoms with van der Waals surface area (Å²) in [7, 11) is 0. The molecule has 100 valence electrons. The van der Waals surface area contributed by atoms with Crippen LogP contribution in [-0.2, 0) is 4.79 Å². The molecular formula is C13H21N3OS. The number of carbonyl (C=O) groups excluding carboxylic acids is 1. The van der Waals surface area contributed by atoms with Crippen molar-refractivity contribution < 1.29 is 4.79 Å². The van der Waals surface area contributed by atoms with Gasteiger partial charge in [-0.3, -0.25) is 4.79 Å². The number of aromatic nitrogens is 1. The molecule has 5 heteroatoms. The van der Waals surface area contributed by atoms with Crippen LogP contribution in [0.1, 0.15) is 57.7 Å². The minimum atomic E-state index is -0.224. The highest BCUT2D eigenvalue weighted by atomic mass is 32.1. The molecule has 1 heterocycles. The van der Waals surface area contributed by atoms with E-state index in [1.54, 1.807) is 0 Å². The normalized spacial score (nSPS) is 20.4. The number of carbonyl (C=O) groups is 1. The molecule has 2 rings (SSSR count). The van der Waals surface area contributed by atoms with E-state index < -0.39 is 0 Å². The van der Waals surface area contributed by atoms with Gasteiger partial charge in [0, 0.05) is 16.8 Å². The molecule has 3 N–H and O–H groups in total. The molecular weight excluding hydrogens is 246 g/mol. The Morgan fingerprint density at radius 2 is 2.17 bits per heavy atom. The van der Waals surface area contributed by atoms with Gasteiger partial charge in [-0.1, -0.05) is 26.2 Å². The largest absolute Gasteiger partial charge is 0.323 e. The number of nitrogens with zero attached hydrogens (tertiary/aromatic N) is 1. The predicted octanol–water partition coefficient (Wildman–Crippen LogP) is 3.07. The molecule has 1 saturated carbocycles. The Hall–Kier alpha value is -0.940. The van der Waals surface area contributed by atoms with Crippen LogP contribution in [0.15, 0.2) is 5.38 Å². The van der Waals surface area contributed by atoms with E-state index in [4.69, 9.17) is 5.73 Å². The molecule has 0 aliphatic heterocycles. The van der Waals surface area contributed by atoms with Gasteiger partial charge in [-0.15, -0.1) is 11.3 Å². The standard InChI is InChI=1S/C13H21N3OS/c1-9(14)10-8-18-12(15-10)16-11(17)13(2)6-4-3-5-7-13/h8-9H,3-7,14H2,1-2H3,(H,15,16,17). The number of nitrogens with two attached hydrogens (primary N) is 1. The zero-order valence-electron chi connectivity index (χ0n) is 11.0. The summed E-state index contributed by atoms with van der Waals surface area (Å²) in [6.07, 6.45) is 5.49. The summed E-state index contributed by atoms with van der Waals surface area (Å²) in [5.41, 5.74) is 6.37. The molecule has 0 spiro atoms. The van der Waals surface area contributed by atoms with Crippen LogP contribution < -0.4 is 11.1 Å². The Balaban J connectivity index is 2.01. The average molecular weight is 267 g/mol. The number of hydrogen-bond acceptors (Lipinski definition) is 4. The van der Waals surface area contributed by atoms with E-state index in [2.05, 4.69) is 17.2 Å². The first-order valence-corrected chi connectivity index (χ1v) is 7.42. The van der Waals surface area contributed by atoms with Crippen molar-refractivity contribution in [3.8, 4) is 0 Å². The molecule has 1 atom stereocenters. The topological polar surface area (TPSA) is 68.0 Å². The summed E-state index contributed by atoms with van der Waals surface area (Å²) in [4.78, 5) is 16.6. The summed E-state index contributed by atoms with van der Waals surface area (Å²) in [6, 6.07) is -0.0860. The van der Waals surface area contributed by atoms with Gasteiger partial charge in [0.15, 0.2) is 5.13 Å². The zero-order valence-corrected chi connectivity index (χ0v) is 11.8. The van der Waals surface area contributed by atoms with Crippen LogP contribution in [0.3, 0.4) is 0 Å². The molecule has 1 aliphatic rings. The van der Waals surface area contributed by atoms with Crippen LogP contribution in [0, 0.1) is 5.41 Å². The van der Waals surface area contributed by atoms with Crippen LogP contribution in [0.25, 0.3) is 0 Å². The number of thiazole rings is 1. The molecule has 1 amide bonds. The van der Waals surface area contributed by atoms with E-state index in [0.29, 0.717) is 5.13 Å². The number of amides is 1. The molecule has 0 radical (unpaired) electrons. The maximum absolute atomic E-state index is 12.3. The highest BCUT2D eigenvalue weighted by Gasteiger charge is 2.34. The van der Waals surface area contributed by atoms with E-state index in [1.165, 1.54) is 17.8 Å². The van der Waals surface area contributed by atoms with Crippen molar-refractivity contribution in [1.29, 1.82) is 0 Å². The van der Waals surface area contributed by atoms with Gasteiger partial charge < -0.3 is 11.1 Å². The summed E-state index contributed by atoms with van der Waals surface area (Å²) in [6.45, 7) is 3.95. The third-order valence-electron chi connectivity index (χ3n) is 3.71. The summed E-state index contributed by atoms with van der Waals surface area (Å²) in [5.74, 6) is 0.104. The van der Waals surface area contributed by atoms with Gasteiger partial charge in [0.05, 0.1) is 5.69 Å². The minimum absolute atomic E-state index is 0.0860. The first kappa shape index (κ1) is 13.5. The fourth-order valence-corrected chi connectivity index (χ4v) is 3.17. The zero-order chi connectivity index (χ0) is 13.2. The van der Waals surface area contributed by atoms with E-state index in [0.717, 1.165) is 31.4 Å². The van der Waals surface area contributed by atoms with Crippen LogP contribution in [0.4, 0.5) is 5.13 Å². The van der Waals surface area contributed by atoms with Crippen LogP contribution in [0.5, 0.6) is 0 Å². The Bertz CT molecular complexity index is 422. The second-order valence-corrected chi connectivity index (χ2v) is 6.30. The molecule has 0 bridgehead atoms. The predicted molar refractivity (Wildman–Crippen MR) is 74.5 cm³/mol. The molecule has 1 aliphatic carbocycles. The van der Waals surface area contributed by atoms with E-state index in [1.807, 2.05) is 12.3 Å². The first-order chi connectivity index (χ1) is 8.51. The number of hydrogen-bond donors (Lipinski definition) is 2. The average Bonchev–Trinajstić information content (AvgIpc) is 2.78. The smallest absolute Gasteiger partial charge is 0.232 e. The van der Waals surface area contributed by atoms with Gasteiger partial charge in [0.25, 0.3) is 0 Å². The van der Waals surface area contributed by atoms with Crippen molar-refractivity contribution in [3.63, 3.8) is 0 Å². The molecule has 1 fully saturated rings. The van der Waals surface area contributed by atoms with Crippen molar-refractivity contribution in [3.05, 3.63) is 11.1 Å². The Morgan fingerprint density at radius 3 is 2.72 bits per heavy atom. The fourth-order valence-electron chi connectivity index (χ4n) is 2.36. The van der Waals surface area contributed by atoms with Gasteiger partial charge in [-0.05, 0) is 19.8 Å². The van der Waals surface area contributed by atoms with Crippen molar-refractivity contribution in [2.45, 2.75) is 52.0 Å². The third-order valence-corrected chi connectivity index (χ3v) is 4.49. The lowest BCUT2D eigenvalue weighted by Gasteiger charge is -2.31. The molecule has 4 nitrogen and oxygen atoms in total. The molecule has 0 aromatic carbocycles. The van der Waals surface area contributed by atoms with E-state index in [9.17, 15) is 4.79 Å². The Labute approximate surface area is 112 Å². The lowest BCUT2D eigenvalue weighted by Crippen LogP contribution is -2.35. The van der Waals surface area contributed by atoms with Gasteiger partial charge in [-0.2, -0.15) is 0 Å². The van der Waals surface area contributed by atoms with Crippen molar-refractivity contribution in [2.75, 3.05) is 5.32 Å². The molecule has 1 unspecified atom stereocenters. The number of nitrogens with one attached hydrogen (secondary N) is 1. The highest BCUT2D eigenvalue weighted by molar-refractivity contribution is 7.13. The molecule has 1 aromatic heterocycles. The summed E-state index contributed by atoms with van der Waals surface area (Å²) >= 11 is 1.45. The quantitative estimate of drug-likeness (QED) is 0.884. The summed E-state index contributed by atoms with van der Waals surface area (Å²) in [5, 5.41) is 5.51. The second-order valence-electron chi connectivity index (χ2n) is 5.44. The van der Waals surface area contributed by atoms with Crippen LogP contribution in [0.2, 0.25) is 0 Å². The lowest BCUT2D eigenvalue weighted by molar-refractivity contribution is -0.126. The highest BCUT2D eigenvalue weighted by Crippen LogP contribution is 2.37. The van der Waals surface area contributed by atoms with Crippen LogP contribution >= 0.6 is 11.3 Å². The molecule has 1 aromatic rings. The van der Waals surface area contributed by atoms with Gasteiger partial charge in [-0.25, -0.2) is 4.98 Å². The lowest BCUT2D eigenvalue weighted by atomic mass is 9.75. The maximum atomic E-state index is 12.3. The van der Waals surface area contributed by atoms with Crippen molar-refractivity contribution >= 4 is 22.4 Å².